The topological polar surface area (TPSA) is 252 Å². The number of amides is 5. The van der Waals surface area contributed by atoms with Gasteiger partial charge in [-0.3, -0.25) is 29.2 Å². The summed E-state index contributed by atoms with van der Waals surface area (Å²) in [6.07, 6.45) is 2.85. The van der Waals surface area contributed by atoms with Gasteiger partial charge >= 0.3 is 6.09 Å². The Kier molecular flexibility index (Phi) is 16.6. The zero-order chi connectivity index (χ0) is 41.4. The number of phenols is 1. The molecule has 16 nitrogen and oxygen atoms in total. The van der Waals surface area contributed by atoms with Crippen LogP contribution in [0.4, 0.5) is 4.79 Å². The number of hydrogen-bond acceptors (Lipinski definition) is 9. The van der Waals surface area contributed by atoms with Crippen LogP contribution in [-0.4, -0.2) is 89.1 Å². The van der Waals surface area contributed by atoms with E-state index in [0.717, 1.165) is 5.56 Å². The third-order valence-electron chi connectivity index (χ3n) is 8.71. The number of nitrogens with one attached hydrogen (secondary N) is 5. The lowest BCUT2D eigenvalue weighted by atomic mass is 9.94. The zero-order valence-corrected chi connectivity index (χ0v) is 32.8. The molecule has 0 saturated heterocycles. The van der Waals surface area contributed by atoms with E-state index >= 15 is 0 Å². The molecule has 0 radical (unpaired) electrons. The van der Waals surface area contributed by atoms with Crippen LogP contribution >= 0.6 is 0 Å². The Morgan fingerprint density at radius 2 is 1.29 bits per heavy atom. The maximum atomic E-state index is 14.4. The molecule has 1 heterocycles. The number of benzene rings is 2. The molecule has 4 atom stereocenters. The number of aromatic hydroxyl groups is 1. The number of nitrogens with zero attached hydrogens (tertiary/aromatic N) is 2. The lowest BCUT2D eigenvalue weighted by Crippen LogP contribution is -2.59. The number of pyridine rings is 1. The van der Waals surface area contributed by atoms with Crippen molar-refractivity contribution in [1.29, 1.82) is 0 Å². The quantitative estimate of drug-likeness (QED) is 0.0526. The molecule has 3 aromatic rings. The molecular formula is C40H55N9O7. The molecule has 0 aliphatic carbocycles. The fourth-order valence-electron chi connectivity index (χ4n) is 5.88. The van der Waals surface area contributed by atoms with Gasteiger partial charge in [0.05, 0.1) is 0 Å². The number of aromatic nitrogens is 1. The lowest BCUT2D eigenvalue weighted by molar-refractivity contribution is -0.133. The van der Waals surface area contributed by atoms with Gasteiger partial charge in [0.15, 0.2) is 5.96 Å². The molecule has 16 heteroatoms. The number of phenolic OH excluding ortho intramolecular Hbond substituents is 1. The summed E-state index contributed by atoms with van der Waals surface area (Å²) in [5, 5.41) is 24.0. The largest absolute Gasteiger partial charge is 0.508 e. The van der Waals surface area contributed by atoms with E-state index < -0.39 is 59.5 Å². The van der Waals surface area contributed by atoms with E-state index in [0.29, 0.717) is 35.2 Å². The minimum Gasteiger partial charge on any atom is -0.508 e. The van der Waals surface area contributed by atoms with Crippen LogP contribution in [0.2, 0.25) is 0 Å². The number of aryl methyl sites for hydroxylation is 2. The van der Waals surface area contributed by atoms with E-state index in [4.69, 9.17) is 16.2 Å². The first-order valence-electron chi connectivity index (χ1n) is 18.3. The summed E-state index contributed by atoms with van der Waals surface area (Å²) in [6, 6.07) is 10.7. The summed E-state index contributed by atoms with van der Waals surface area (Å²) >= 11 is 0. The number of nitrogens with two attached hydrogens (primary N) is 2. The number of primary amides is 1. The summed E-state index contributed by atoms with van der Waals surface area (Å²) < 4.78 is 5.42. The van der Waals surface area contributed by atoms with Gasteiger partial charge in [-0.05, 0) is 99.5 Å². The van der Waals surface area contributed by atoms with E-state index in [-0.39, 0.29) is 37.4 Å². The fourth-order valence-corrected chi connectivity index (χ4v) is 5.88. The van der Waals surface area contributed by atoms with Gasteiger partial charge in [-0.15, -0.1) is 0 Å². The zero-order valence-electron chi connectivity index (χ0n) is 32.8. The number of carbonyl (C=O) groups is 5. The number of carbonyl (C=O) groups excluding carboxylic acids is 5. The minimum absolute atomic E-state index is 0.00879. The standard InChI is InChI=1S/C40H55N9O7/c1-24-19-28(50)20-25(2)29(24)23-33(48-35(52)30(13-10-16-45-38(42)43-6)49-39(55)56-40(3,4)5)37(54)47-32(22-27-14-17-44-18-15-27)36(53)46-31(34(41)51)21-26-11-8-7-9-12-26/h7-9,11-12,14-15,17-20,30-33,50H,10,13,16,21-23H2,1-6H3,(H2,41,51)(H,46,53)(H,47,54)(H,48,52)(H,49,55)(H3,42,43,45)/t30-,31+,32+,33+/m1/s1. The van der Waals surface area contributed by atoms with Gasteiger partial charge in [0.1, 0.15) is 35.5 Å². The van der Waals surface area contributed by atoms with Crippen LogP contribution in [0, 0.1) is 13.8 Å². The van der Waals surface area contributed by atoms with Gasteiger partial charge in [0.2, 0.25) is 23.6 Å². The van der Waals surface area contributed by atoms with E-state index in [9.17, 15) is 29.1 Å². The Bertz CT molecular complexity index is 1810. The van der Waals surface area contributed by atoms with Crippen molar-refractivity contribution in [2.24, 2.45) is 16.5 Å². The van der Waals surface area contributed by atoms with Crippen LogP contribution in [0.3, 0.4) is 0 Å². The fraction of sp³-hybridized carbons (Fsp3) is 0.425. The van der Waals surface area contributed by atoms with Crippen molar-refractivity contribution < 1.29 is 33.8 Å². The Morgan fingerprint density at radius 1 is 0.768 bits per heavy atom. The third-order valence-corrected chi connectivity index (χ3v) is 8.71. The van der Waals surface area contributed by atoms with Gasteiger partial charge in [0.25, 0.3) is 0 Å². The molecular weight excluding hydrogens is 718 g/mol. The van der Waals surface area contributed by atoms with Crippen molar-refractivity contribution in [3.05, 3.63) is 94.8 Å². The van der Waals surface area contributed by atoms with Crippen LogP contribution < -0.4 is 38.1 Å². The highest BCUT2D eigenvalue weighted by Crippen LogP contribution is 2.22. The van der Waals surface area contributed by atoms with Crippen LogP contribution in [0.5, 0.6) is 5.75 Å². The second kappa shape index (κ2) is 21.0. The third kappa shape index (κ3) is 14.9. The van der Waals surface area contributed by atoms with Crippen molar-refractivity contribution >= 4 is 35.7 Å². The van der Waals surface area contributed by atoms with Gasteiger partial charge in [0, 0.05) is 45.2 Å². The predicted molar refractivity (Wildman–Crippen MR) is 212 cm³/mol. The summed E-state index contributed by atoms with van der Waals surface area (Å²) in [4.78, 5) is 75.7. The van der Waals surface area contributed by atoms with Gasteiger partial charge in [-0.2, -0.15) is 0 Å². The maximum Gasteiger partial charge on any atom is 0.408 e. The van der Waals surface area contributed by atoms with E-state index in [1.54, 1.807) is 95.5 Å². The summed E-state index contributed by atoms with van der Waals surface area (Å²) in [5.74, 6) is -2.61. The van der Waals surface area contributed by atoms with Crippen LogP contribution in [-0.2, 0) is 43.2 Å². The van der Waals surface area contributed by atoms with Crippen molar-refractivity contribution in [3.63, 3.8) is 0 Å². The molecule has 5 amide bonds. The van der Waals surface area contributed by atoms with Crippen LogP contribution in [0.1, 0.15) is 61.4 Å². The average molecular weight is 774 g/mol. The molecule has 0 saturated carbocycles. The Labute approximate surface area is 327 Å². The molecule has 2 aromatic carbocycles. The number of aliphatic imine (C=N–C) groups is 1. The Morgan fingerprint density at radius 3 is 1.84 bits per heavy atom. The molecule has 0 spiro atoms. The van der Waals surface area contributed by atoms with Crippen LogP contribution in [0.25, 0.3) is 0 Å². The van der Waals surface area contributed by atoms with Gasteiger partial charge in [-0.25, -0.2) is 4.79 Å². The summed E-state index contributed by atoms with van der Waals surface area (Å²) in [5.41, 5.74) is 14.0. The highest BCUT2D eigenvalue weighted by Gasteiger charge is 2.33. The molecule has 0 bridgehead atoms. The number of hydrogen-bond donors (Lipinski definition) is 8. The normalized spacial score (nSPS) is 13.6. The first-order valence-corrected chi connectivity index (χ1v) is 18.3. The molecule has 3 rings (SSSR count). The molecule has 0 unspecified atom stereocenters. The van der Waals surface area contributed by atoms with Gasteiger partial charge in [-0.1, -0.05) is 30.3 Å². The predicted octanol–water partition coefficient (Wildman–Crippen LogP) is 1.58. The monoisotopic (exact) mass is 773 g/mol. The van der Waals surface area contributed by atoms with E-state index in [2.05, 4.69) is 36.6 Å². The summed E-state index contributed by atoms with van der Waals surface area (Å²) in [7, 11) is 1.53. The first-order chi connectivity index (χ1) is 26.4. The summed E-state index contributed by atoms with van der Waals surface area (Å²) in [6.45, 7) is 8.93. The number of ether oxygens (including phenoxy) is 1. The van der Waals surface area contributed by atoms with Crippen LogP contribution in [0.15, 0.2) is 72.0 Å². The molecule has 1 aromatic heterocycles. The lowest BCUT2D eigenvalue weighted by Gasteiger charge is -2.28. The molecule has 302 valence electrons. The molecule has 0 aliphatic rings. The van der Waals surface area contributed by atoms with Crippen molar-refractivity contribution in [3.8, 4) is 5.75 Å². The number of rotatable bonds is 18. The van der Waals surface area contributed by atoms with Crippen molar-refractivity contribution in [2.45, 2.75) is 96.5 Å². The number of alkyl carbamates (subject to hydrolysis) is 1. The van der Waals surface area contributed by atoms with Crippen molar-refractivity contribution in [2.75, 3.05) is 13.6 Å². The first kappa shape index (κ1) is 44.2. The Balaban J connectivity index is 1.97. The minimum atomic E-state index is -1.28. The smallest absolute Gasteiger partial charge is 0.408 e. The van der Waals surface area contributed by atoms with E-state index in [1.807, 2.05) is 6.07 Å². The molecule has 56 heavy (non-hydrogen) atoms. The SMILES string of the molecule is CN=C(N)NCCC[C@@H](NC(=O)OC(C)(C)C)C(=O)N[C@@H](Cc1c(C)cc(O)cc1C)C(=O)N[C@@H](Cc1ccncc1)C(=O)N[C@@H](Cc1ccccc1)C(N)=O. The highest BCUT2D eigenvalue weighted by atomic mass is 16.6. The average Bonchev–Trinajstić information content (AvgIpc) is 3.12. The second-order valence-electron chi connectivity index (χ2n) is 14.5. The molecule has 10 N–H and O–H groups in total. The Hall–Kier alpha value is -6.19. The maximum absolute atomic E-state index is 14.4. The van der Waals surface area contributed by atoms with E-state index in [1.165, 1.54) is 7.05 Å². The second-order valence-corrected chi connectivity index (χ2v) is 14.5. The highest BCUT2D eigenvalue weighted by molar-refractivity contribution is 5.95. The number of guanidine groups is 1. The molecule has 0 fully saturated rings. The van der Waals surface area contributed by atoms with Crippen molar-refractivity contribution in [1.82, 2.24) is 31.6 Å². The molecule has 0 aliphatic heterocycles. The van der Waals surface area contributed by atoms with Gasteiger partial charge < -0.3 is 47.9 Å².